The summed E-state index contributed by atoms with van der Waals surface area (Å²) in [4.78, 5) is 15.1. The largest absolute Gasteiger partial charge is 0.435 e. The zero-order valence-electron chi connectivity index (χ0n) is 18.4. The van der Waals surface area contributed by atoms with E-state index in [1.807, 2.05) is 12.1 Å². The van der Waals surface area contributed by atoms with E-state index < -0.39 is 12.7 Å². The van der Waals surface area contributed by atoms with Gasteiger partial charge in [0, 0.05) is 31.9 Å². The normalized spacial score (nSPS) is 16.6. The van der Waals surface area contributed by atoms with Crippen LogP contribution in [0.3, 0.4) is 0 Å². The van der Waals surface area contributed by atoms with Crippen molar-refractivity contribution in [3.05, 3.63) is 53.2 Å². The minimum atomic E-state index is -2.95. The number of carbonyl (C=O) groups is 1. The molecule has 2 aromatic heterocycles. The molecule has 34 heavy (non-hydrogen) atoms. The van der Waals surface area contributed by atoms with Crippen LogP contribution in [-0.4, -0.2) is 58.5 Å². The molecule has 4 rings (SSSR count). The number of rotatable bonds is 11. The van der Waals surface area contributed by atoms with Gasteiger partial charge in [0.05, 0.1) is 6.42 Å². The van der Waals surface area contributed by atoms with Gasteiger partial charge in [-0.05, 0) is 43.2 Å². The fourth-order valence-corrected chi connectivity index (χ4v) is 4.57. The number of ether oxygens (including phenoxy) is 2. The van der Waals surface area contributed by atoms with Crippen molar-refractivity contribution in [2.75, 3.05) is 29.9 Å². The van der Waals surface area contributed by atoms with Crippen LogP contribution in [0.25, 0.3) is 0 Å². The maximum Gasteiger partial charge on any atom is 0.387 e. The number of Topliss-reactive ketones (excluding diaryl/α,β-unsaturated/α-hetero) is 1. The molecule has 0 spiro atoms. The first kappa shape index (κ1) is 23.9. The lowest BCUT2D eigenvalue weighted by Gasteiger charge is -2.17. The van der Waals surface area contributed by atoms with Gasteiger partial charge in [-0.15, -0.1) is 15.3 Å². The number of carbonyl (C=O) groups excluding carboxylic acids is 1. The molecule has 2 atom stereocenters. The summed E-state index contributed by atoms with van der Waals surface area (Å²) in [5.41, 5.74) is 0.447. The van der Waals surface area contributed by atoms with E-state index in [9.17, 15) is 13.6 Å². The van der Waals surface area contributed by atoms with Crippen molar-refractivity contribution >= 4 is 28.1 Å². The Morgan fingerprint density at radius 1 is 1.26 bits per heavy atom. The van der Waals surface area contributed by atoms with Crippen LogP contribution in [0.5, 0.6) is 5.75 Å². The van der Waals surface area contributed by atoms with Gasteiger partial charge in [-0.25, -0.2) is 0 Å². The monoisotopic (exact) mass is 490 g/mol. The molecule has 0 radical (unpaired) electrons. The quantitative estimate of drug-likeness (QED) is 0.433. The zero-order chi connectivity index (χ0) is 23.9. The van der Waals surface area contributed by atoms with Crippen LogP contribution < -0.4 is 15.0 Å². The Kier molecular flexibility index (Phi) is 7.91. The van der Waals surface area contributed by atoms with Crippen molar-refractivity contribution in [2.24, 2.45) is 0 Å². The van der Waals surface area contributed by atoms with Crippen LogP contribution in [0, 0.1) is 0 Å². The summed E-state index contributed by atoms with van der Waals surface area (Å²) < 4.78 is 35.2. The fourth-order valence-electron chi connectivity index (χ4n) is 3.74. The number of nitrogens with zero attached hydrogens (tertiary/aromatic N) is 5. The highest BCUT2D eigenvalue weighted by Gasteiger charge is 2.26. The van der Waals surface area contributed by atoms with Crippen molar-refractivity contribution in [3.8, 4) is 5.75 Å². The van der Waals surface area contributed by atoms with Crippen molar-refractivity contribution in [3.63, 3.8) is 0 Å². The molecule has 3 aromatic rings. The van der Waals surface area contributed by atoms with Crippen molar-refractivity contribution in [2.45, 2.75) is 38.5 Å². The van der Waals surface area contributed by atoms with E-state index in [0.29, 0.717) is 15.7 Å². The van der Waals surface area contributed by atoms with Gasteiger partial charge in [0.1, 0.15) is 16.9 Å². The van der Waals surface area contributed by atoms with Crippen LogP contribution in [-0.2, 0) is 16.0 Å². The van der Waals surface area contributed by atoms with E-state index >= 15 is 0 Å². The number of benzene rings is 1. The van der Waals surface area contributed by atoms with Crippen LogP contribution in [0.1, 0.15) is 30.0 Å². The minimum absolute atomic E-state index is 0.0142. The number of nitrogens with one attached hydrogen (secondary N) is 1. The second kappa shape index (κ2) is 11.3. The van der Waals surface area contributed by atoms with E-state index in [4.69, 9.17) is 4.74 Å². The third-order valence-electron chi connectivity index (χ3n) is 5.20. The van der Waals surface area contributed by atoms with Crippen molar-refractivity contribution < 1.29 is 23.0 Å². The average Bonchev–Trinajstić information content (AvgIpc) is 3.47. The molecule has 180 valence electrons. The second-order valence-electron chi connectivity index (χ2n) is 7.59. The van der Waals surface area contributed by atoms with Crippen LogP contribution in [0.4, 0.5) is 19.7 Å². The van der Waals surface area contributed by atoms with Gasteiger partial charge in [0.25, 0.3) is 0 Å². The molecule has 1 fully saturated rings. The summed E-state index contributed by atoms with van der Waals surface area (Å²) in [7, 11) is 0. The first-order valence-electron chi connectivity index (χ1n) is 10.8. The molecule has 0 unspecified atom stereocenters. The van der Waals surface area contributed by atoms with Gasteiger partial charge >= 0.3 is 6.61 Å². The first-order chi connectivity index (χ1) is 16.5. The lowest BCUT2D eigenvalue weighted by molar-refractivity contribution is -0.130. The number of halogens is 2. The number of aromatic nitrogens is 4. The molecule has 12 heteroatoms. The van der Waals surface area contributed by atoms with E-state index in [2.05, 4.69) is 35.3 Å². The van der Waals surface area contributed by atoms with E-state index in [1.54, 1.807) is 25.3 Å². The molecule has 1 N–H and O–H groups in total. The molecule has 1 aliphatic rings. The standard InChI is InChI=1S/C22H24F2N6O3S/c1-2-32-20(14-5-3-6-16(11-14)33-21(23)24)17(31)12-19-28-29-22(34-19)26-15-8-10-30(13-15)18-7-4-9-25-27-18/h3-7,9,11,15,20-21H,2,8,10,12-13H2,1H3,(H,26,29)/t15-,20-/m1/s1. The van der Waals surface area contributed by atoms with Gasteiger partial charge in [0.15, 0.2) is 11.6 Å². The van der Waals surface area contributed by atoms with Gasteiger partial charge in [-0.2, -0.15) is 13.9 Å². The maximum absolute atomic E-state index is 13.0. The van der Waals surface area contributed by atoms with E-state index in [0.717, 1.165) is 25.3 Å². The van der Waals surface area contributed by atoms with Gasteiger partial charge < -0.3 is 19.7 Å². The number of hydrogen-bond donors (Lipinski definition) is 1. The average molecular weight is 491 g/mol. The molecule has 9 nitrogen and oxygen atoms in total. The highest BCUT2D eigenvalue weighted by molar-refractivity contribution is 7.15. The van der Waals surface area contributed by atoms with Crippen molar-refractivity contribution in [1.82, 2.24) is 20.4 Å². The summed E-state index contributed by atoms with van der Waals surface area (Å²) in [5.74, 6) is 0.563. The Labute approximate surface area is 199 Å². The summed E-state index contributed by atoms with van der Waals surface area (Å²) in [6, 6.07) is 9.94. The molecule has 1 aromatic carbocycles. The molecular formula is C22H24F2N6O3S. The molecule has 0 bridgehead atoms. The molecule has 1 saturated heterocycles. The molecule has 0 aliphatic carbocycles. The van der Waals surface area contributed by atoms with Crippen LogP contribution in [0.2, 0.25) is 0 Å². The van der Waals surface area contributed by atoms with Gasteiger partial charge in [0.2, 0.25) is 5.13 Å². The smallest absolute Gasteiger partial charge is 0.387 e. The minimum Gasteiger partial charge on any atom is -0.435 e. The Morgan fingerprint density at radius 2 is 2.15 bits per heavy atom. The predicted octanol–water partition coefficient (Wildman–Crippen LogP) is 3.51. The maximum atomic E-state index is 13.0. The molecule has 0 amide bonds. The van der Waals surface area contributed by atoms with Gasteiger partial charge in [-0.1, -0.05) is 23.5 Å². The molecular weight excluding hydrogens is 466 g/mol. The lowest BCUT2D eigenvalue weighted by atomic mass is 10.0. The van der Waals surface area contributed by atoms with E-state index in [1.165, 1.54) is 23.5 Å². The summed E-state index contributed by atoms with van der Waals surface area (Å²) in [6.45, 7) is 0.708. The second-order valence-corrected chi connectivity index (χ2v) is 8.65. The Hall–Kier alpha value is -3.25. The summed E-state index contributed by atoms with van der Waals surface area (Å²) in [5, 5.41) is 20.9. The number of ketones is 1. The Bertz CT molecular complexity index is 1090. The van der Waals surface area contributed by atoms with Crippen LogP contribution >= 0.6 is 11.3 Å². The SMILES string of the molecule is CCO[C@@H](C(=O)Cc1nnc(N[C@@H]2CCN(c3cccnn3)C2)s1)c1cccc(OC(F)F)c1. The van der Waals surface area contributed by atoms with Crippen molar-refractivity contribution in [1.29, 1.82) is 0 Å². The van der Waals surface area contributed by atoms with Gasteiger partial charge in [-0.3, -0.25) is 4.79 Å². The highest BCUT2D eigenvalue weighted by atomic mass is 32.1. The fraction of sp³-hybridized carbons (Fsp3) is 0.409. The topological polar surface area (TPSA) is 102 Å². The zero-order valence-corrected chi connectivity index (χ0v) is 19.3. The third kappa shape index (κ3) is 6.20. The first-order valence-corrected chi connectivity index (χ1v) is 11.6. The van der Waals surface area contributed by atoms with Crippen LogP contribution in [0.15, 0.2) is 42.6 Å². The molecule has 1 aliphatic heterocycles. The Balaban J connectivity index is 1.36. The summed E-state index contributed by atoms with van der Waals surface area (Å²) >= 11 is 1.31. The number of hydrogen-bond acceptors (Lipinski definition) is 10. The van der Waals surface area contributed by atoms with E-state index in [-0.39, 0.29) is 30.6 Å². The Morgan fingerprint density at radius 3 is 2.91 bits per heavy atom. The number of alkyl halides is 2. The highest BCUT2D eigenvalue weighted by Crippen LogP contribution is 2.27. The lowest BCUT2D eigenvalue weighted by Crippen LogP contribution is -2.26. The number of anilines is 2. The predicted molar refractivity (Wildman–Crippen MR) is 122 cm³/mol. The summed E-state index contributed by atoms with van der Waals surface area (Å²) in [6.07, 6.45) is 1.65. The molecule has 3 heterocycles. The third-order valence-corrected chi connectivity index (χ3v) is 6.06. The molecule has 0 saturated carbocycles.